The number of aromatic nitrogens is 3. The van der Waals surface area contributed by atoms with Gasteiger partial charge in [0.05, 0.1) is 65.8 Å². The monoisotopic (exact) mass is 614 g/mol. The molecule has 2 aromatic carbocycles. The number of rotatable bonds is 11. The number of para-hydroxylation sites is 2. The number of pyridine rings is 1. The van der Waals surface area contributed by atoms with E-state index in [0.29, 0.717) is 54.0 Å². The van der Waals surface area contributed by atoms with Crippen LogP contribution in [0.2, 0.25) is 0 Å². The van der Waals surface area contributed by atoms with Crippen LogP contribution in [-0.2, 0) is 32.4 Å². The van der Waals surface area contributed by atoms with Crippen molar-refractivity contribution in [1.82, 2.24) is 19.4 Å². The third-order valence-electron chi connectivity index (χ3n) is 7.19. The molecular formula is C29H34N4O7S2. The van der Waals surface area contributed by atoms with Crippen LogP contribution in [0.4, 0.5) is 0 Å². The molecule has 13 heteroatoms. The predicted octanol–water partition coefficient (Wildman–Crippen LogP) is 3.65. The molecule has 5 rings (SSSR count). The van der Waals surface area contributed by atoms with Crippen LogP contribution in [0, 0.1) is 13.8 Å². The molecule has 0 aliphatic carbocycles. The topological polar surface area (TPSA) is 125 Å². The molecule has 2 atom stereocenters. The fourth-order valence-corrected chi connectivity index (χ4v) is 6.81. The van der Waals surface area contributed by atoms with Crippen molar-refractivity contribution < 1.29 is 31.9 Å². The lowest BCUT2D eigenvalue weighted by Gasteiger charge is -2.26. The first-order valence-corrected chi connectivity index (χ1v) is 15.9. The fourth-order valence-electron chi connectivity index (χ4n) is 5.02. The second-order valence-corrected chi connectivity index (χ2v) is 12.1. The Labute approximate surface area is 249 Å². The van der Waals surface area contributed by atoms with E-state index in [4.69, 9.17) is 18.9 Å². The highest BCUT2D eigenvalue weighted by Crippen LogP contribution is 2.35. The van der Waals surface area contributed by atoms with Crippen molar-refractivity contribution in [2.24, 2.45) is 0 Å². The van der Waals surface area contributed by atoms with Gasteiger partial charge in [0.2, 0.25) is 5.16 Å². The van der Waals surface area contributed by atoms with Crippen LogP contribution in [-0.4, -0.2) is 86.1 Å². The first-order chi connectivity index (χ1) is 20.3. The zero-order valence-corrected chi connectivity index (χ0v) is 25.6. The van der Waals surface area contributed by atoms with Crippen LogP contribution in [0.3, 0.4) is 0 Å². The van der Waals surface area contributed by atoms with Crippen molar-refractivity contribution in [3.8, 4) is 22.9 Å². The van der Waals surface area contributed by atoms with Gasteiger partial charge in [-0.15, -0.1) is 0 Å². The van der Waals surface area contributed by atoms with E-state index in [1.54, 1.807) is 23.9 Å². The van der Waals surface area contributed by atoms with Crippen LogP contribution < -0.4 is 14.2 Å². The number of aryl methyl sites for hydroxylation is 1. The SMILES string of the molecule is COc1cc(S(=O)O)c2nc(S(=O)Cc3ncc(C)c(OC)c3C)n(-c3ccccc3OCCN3CCOCC3)c2c1. The lowest BCUT2D eigenvalue weighted by atomic mass is 10.1. The van der Waals surface area contributed by atoms with E-state index in [9.17, 15) is 13.0 Å². The van der Waals surface area contributed by atoms with E-state index in [0.717, 1.165) is 30.8 Å². The van der Waals surface area contributed by atoms with Gasteiger partial charge >= 0.3 is 0 Å². The number of morpholine rings is 1. The molecule has 1 N–H and O–H groups in total. The first-order valence-electron chi connectivity index (χ1n) is 13.4. The molecule has 1 aliphatic rings. The third kappa shape index (κ3) is 6.20. The summed E-state index contributed by atoms with van der Waals surface area (Å²) in [6.07, 6.45) is 1.69. The lowest BCUT2D eigenvalue weighted by Crippen LogP contribution is -2.38. The predicted molar refractivity (Wildman–Crippen MR) is 160 cm³/mol. The van der Waals surface area contributed by atoms with E-state index >= 15 is 0 Å². The number of hydrogen-bond donors (Lipinski definition) is 1. The zero-order valence-electron chi connectivity index (χ0n) is 24.0. The van der Waals surface area contributed by atoms with Crippen LogP contribution in [0.1, 0.15) is 16.8 Å². The van der Waals surface area contributed by atoms with Gasteiger partial charge in [-0.25, -0.2) is 9.19 Å². The van der Waals surface area contributed by atoms with Gasteiger partial charge in [-0.1, -0.05) is 12.1 Å². The number of imidazole rings is 1. The third-order valence-corrected chi connectivity index (χ3v) is 9.09. The van der Waals surface area contributed by atoms with E-state index < -0.39 is 21.9 Å². The van der Waals surface area contributed by atoms with Crippen LogP contribution in [0.25, 0.3) is 16.7 Å². The maximum absolute atomic E-state index is 14.1. The summed E-state index contributed by atoms with van der Waals surface area (Å²) in [4.78, 5) is 11.5. The molecule has 42 heavy (non-hydrogen) atoms. The largest absolute Gasteiger partial charge is 0.497 e. The molecule has 0 spiro atoms. The molecule has 0 amide bonds. The van der Waals surface area contributed by atoms with E-state index in [-0.39, 0.29) is 21.3 Å². The molecular weight excluding hydrogens is 580 g/mol. The van der Waals surface area contributed by atoms with Gasteiger partial charge in [-0.2, -0.15) is 0 Å². The Kier molecular flexibility index (Phi) is 9.53. The normalized spacial score (nSPS) is 15.5. The molecule has 4 aromatic rings. The van der Waals surface area contributed by atoms with E-state index in [1.807, 2.05) is 38.1 Å². The van der Waals surface area contributed by atoms with Gasteiger partial charge in [0.15, 0.2) is 11.1 Å². The van der Waals surface area contributed by atoms with Gasteiger partial charge in [0.1, 0.15) is 29.4 Å². The van der Waals surface area contributed by atoms with E-state index in [1.165, 1.54) is 13.2 Å². The lowest BCUT2D eigenvalue weighted by molar-refractivity contribution is 0.0322. The van der Waals surface area contributed by atoms with Crippen molar-refractivity contribution >= 4 is 32.9 Å². The second kappa shape index (κ2) is 13.3. The molecule has 2 unspecified atom stereocenters. The average Bonchev–Trinajstić information content (AvgIpc) is 3.38. The number of fused-ring (bicyclic) bond motifs is 1. The minimum Gasteiger partial charge on any atom is -0.497 e. The molecule has 0 bridgehead atoms. The highest BCUT2D eigenvalue weighted by molar-refractivity contribution is 7.84. The fraction of sp³-hybridized carbons (Fsp3) is 0.379. The Morgan fingerprint density at radius 1 is 1.07 bits per heavy atom. The summed E-state index contributed by atoms with van der Waals surface area (Å²) in [6.45, 7) is 8.03. The smallest absolute Gasteiger partial charge is 0.205 e. The summed E-state index contributed by atoms with van der Waals surface area (Å²) < 4.78 is 61.0. The van der Waals surface area contributed by atoms with Gasteiger partial charge < -0.3 is 23.5 Å². The van der Waals surface area contributed by atoms with Gasteiger partial charge in [0, 0.05) is 49.1 Å². The molecule has 0 saturated carbocycles. The van der Waals surface area contributed by atoms with Crippen molar-refractivity contribution in [1.29, 1.82) is 0 Å². The van der Waals surface area contributed by atoms with Crippen molar-refractivity contribution in [2.75, 3.05) is 53.7 Å². The van der Waals surface area contributed by atoms with E-state index in [2.05, 4.69) is 14.9 Å². The highest BCUT2D eigenvalue weighted by atomic mass is 32.2. The van der Waals surface area contributed by atoms with Gasteiger partial charge in [-0.3, -0.25) is 18.7 Å². The molecule has 1 aliphatic heterocycles. The van der Waals surface area contributed by atoms with Crippen molar-refractivity contribution in [2.45, 2.75) is 29.7 Å². The van der Waals surface area contributed by atoms with Crippen LogP contribution in [0.5, 0.6) is 17.2 Å². The van der Waals surface area contributed by atoms with Gasteiger partial charge in [-0.05, 0) is 26.0 Å². The molecule has 3 heterocycles. The summed E-state index contributed by atoms with van der Waals surface area (Å²) in [6, 6.07) is 10.6. The molecule has 2 aromatic heterocycles. The Balaban J connectivity index is 1.61. The Morgan fingerprint density at radius 2 is 1.83 bits per heavy atom. The second-order valence-electron chi connectivity index (χ2n) is 9.78. The number of nitrogens with zero attached hydrogens (tertiary/aromatic N) is 4. The number of ether oxygens (including phenoxy) is 4. The molecule has 11 nitrogen and oxygen atoms in total. The maximum atomic E-state index is 14.1. The van der Waals surface area contributed by atoms with Crippen molar-refractivity contribution in [3.63, 3.8) is 0 Å². The molecule has 224 valence electrons. The van der Waals surface area contributed by atoms with Gasteiger partial charge in [0.25, 0.3) is 0 Å². The van der Waals surface area contributed by atoms with Crippen LogP contribution >= 0.6 is 0 Å². The number of methoxy groups -OCH3 is 2. The summed E-state index contributed by atoms with van der Waals surface area (Å²) in [5.41, 5.74) is 3.58. The standard InChI is InChI=1S/C29H34N4O7S2/c1-19-17-30-22(20(2)28(19)38-4)18-41(34)29-31-27-24(15-21(37-3)16-26(27)42(35)36)33(29)23-7-5-6-8-25(23)40-14-11-32-9-12-39-13-10-32/h5-8,15-17H,9-14,18H2,1-4H3,(H,35,36). The molecule has 1 fully saturated rings. The minimum atomic E-state index is -2.37. The Morgan fingerprint density at radius 3 is 2.55 bits per heavy atom. The zero-order chi connectivity index (χ0) is 29.8. The summed E-state index contributed by atoms with van der Waals surface area (Å²) in [5, 5.41) is 0.190. The summed E-state index contributed by atoms with van der Waals surface area (Å²) in [7, 11) is 1.35. The maximum Gasteiger partial charge on any atom is 0.205 e. The quantitative estimate of drug-likeness (QED) is 0.250. The summed E-state index contributed by atoms with van der Waals surface area (Å²) >= 11 is -2.37. The molecule has 1 saturated heterocycles. The first kappa shape index (κ1) is 30.1. The molecule has 0 radical (unpaired) electrons. The summed E-state index contributed by atoms with van der Waals surface area (Å²) in [5.74, 6) is 1.67. The number of benzene rings is 2. The average molecular weight is 615 g/mol. The van der Waals surface area contributed by atoms with Crippen LogP contribution in [0.15, 0.2) is 52.6 Å². The Bertz CT molecular complexity index is 1640. The van der Waals surface area contributed by atoms with Crippen molar-refractivity contribution in [3.05, 3.63) is 59.4 Å². The highest BCUT2D eigenvalue weighted by Gasteiger charge is 2.26. The Hall–Kier alpha value is -3.36. The number of hydrogen-bond acceptors (Lipinski definition) is 9. The minimum absolute atomic E-state index is 0.0541.